The van der Waals surface area contributed by atoms with Gasteiger partial charge in [0.2, 0.25) is 0 Å². The fraction of sp³-hybridized carbons (Fsp3) is 0.545. The predicted molar refractivity (Wildman–Crippen MR) is 105 cm³/mol. The number of aryl methyl sites for hydroxylation is 3. The van der Waals surface area contributed by atoms with Crippen LogP contribution in [0.3, 0.4) is 0 Å². The lowest BCUT2D eigenvalue weighted by Gasteiger charge is -2.40. The topological polar surface area (TPSA) is 49.6 Å². The zero-order valence-corrected chi connectivity index (χ0v) is 16.6. The van der Waals surface area contributed by atoms with Gasteiger partial charge in [0, 0.05) is 31.6 Å². The minimum atomic E-state index is 0.0823. The van der Waals surface area contributed by atoms with Crippen LogP contribution in [-0.4, -0.2) is 47.0 Å². The number of hydrogen-bond acceptors (Lipinski definition) is 4. The molecule has 1 aromatic heterocycles. The fourth-order valence-corrected chi connectivity index (χ4v) is 4.90. The average Bonchev–Trinajstić information content (AvgIpc) is 3.18. The summed E-state index contributed by atoms with van der Waals surface area (Å²) in [6.07, 6.45) is 3.51. The Balaban J connectivity index is 1.44. The van der Waals surface area contributed by atoms with E-state index in [-0.39, 0.29) is 11.3 Å². The quantitative estimate of drug-likeness (QED) is 0.829. The Hall–Kier alpha value is -2.14. The molecule has 2 aliphatic heterocycles. The number of carbonyl (C=O) groups is 1. The Morgan fingerprint density at radius 1 is 1.19 bits per heavy atom. The Bertz CT molecular complexity index is 824. The van der Waals surface area contributed by atoms with Gasteiger partial charge in [0.05, 0.1) is 5.69 Å². The first-order valence-corrected chi connectivity index (χ1v) is 9.96. The highest BCUT2D eigenvalue weighted by Gasteiger charge is 2.43. The molecular formula is C22H29N3O2. The van der Waals surface area contributed by atoms with Gasteiger partial charge in [0.15, 0.2) is 0 Å². The molecule has 5 heteroatoms. The van der Waals surface area contributed by atoms with Crippen molar-refractivity contribution in [3.63, 3.8) is 0 Å². The molecule has 2 aliphatic rings. The summed E-state index contributed by atoms with van der Waals surface area (Å²) in [5, 5.41) is 3.95. The van der Waals surface area contributed by atoms with Crippen molar-refractivity contribution in [3.8, 4) is 0 Å². The van der Waals surface area contributed by atoms with Gasteiger partial charge in [-0.3, -0.25) is 9.69 Å². The highest BCUT2D eigenvalue weighted by atomic mass is 16.5. The SMILES string of the molecule is Cc1cccc(CN2CCCC3(CCN(C(=O)c4c(C)noc4C)C3)C2)c1. The average molecular weight is 367 g/mol. The number of piperidine rings is 1. The molecule has 2 saturated heterocycles. The maximum Gasteiger partial charge on any atom is 0.259 e. The maximum absolute atomic E-state index is 13.0. The van der Waals surface area contributed by atoms with Crippen molar-refractivity contribution in [1.29, 1.82) is 0 Å². The fourth-order valence-electron chi connectivity index (χ4n) is 4.90. The lowest BCUT2D eigenvalue weighted by molar-refractivity contribution is 0.0673. The van der Waals surface area contributed by atoms with Gasteiger partial charge in [0.1, 0.15) is 11.3 Å². The van der Waals surface area contributed by atoms with Crippen LogP contribution < -0.4 is 0 Å². The molecule has 1 atom stereocenters. The Morgan fingerprint density at radius 3 is 2.78 bits per heavy atom. The van der Waals surface area contributed by atoms with Crippen molar-refractivity contribution in [2.45, 2.75) is 46.6 Å². The summed E-state index contributed by atoms with van der Waals surface area (Å²) in [5.41, 5.74) is 4.28. The van der Waals surface area contributed by atoms with Crippen molar-refractivity contribution in [3.05, 3.63) is 52.4 Å². The third kappa shape index (κ3) is 3.65. The van der Waals surface area contributed by atoms with Crippen LogP contribution in [0.4, 0.5) is 0 Å². The van der Waals surface area contributed by atoms with Gasteiger partial charge >= 0.3 is 0 Å². The van der Waals surface area contributed by atoms with Crippen LogP contribution in [0, 0.1) is 26.2 Å². The number of benzene rings is 1. The van der Waals surface area contributed by atoms with E-state index in [9.17, 15) is 4.79 Å². The van der Waals surface area contributed by atoms with E-state index in [0.717, 1.165) is 39.1 Å². The summed E-state index contributed by atoms with van der Waals surface area (Å²) in [6.45, 7) is 10.7. The summed E-state index contributed by atoms with van der Waals surface area (Å²) in [7, 11) is 0. The molecule has 1 spiro atoms. The van der Waals surface area contributed by atoms with Crippen molar-refractivity contribution < 1.29 is 9.32 Å². The molecule has 1 amide bonds. The zero-order valence-electron chi connectivity index (χ0n) is 16.6. The van der Waals surface area contributed by atoms with Gasteiger partial charge < -0.3 is 9.42 Å². The summed E-state index contributed by atoms with van der Waals surface area (Å²) in [4.78, 5) is 17.6. The van der Waals surface area contributed by atoms with E-state index in [2.05, 4.69) is 41.2 Å². The van der Waals surface area contributed by atoms with Crippen LogP contribution in [0.1, 0.15) is 52.2 Å². The van der Waals surface area contributed by atoms with Crippen LogP contribution in [0.25, 0.3) is 0 Å². The van der Waals surface area contributed by atoms with E-state index < -0.39 is 0 Å². The molecule has 2 aromatic rings. The number of likely N-dealkylation sites (tertiary alicyclic amines) is 2. The number of hydrogen-bond donors (Lipinski definition) is 0. The largest absolute Gasteiger partial charge is 0.361 e. The molecule has 0 bridgehead atoms. The van der Waals surface area contributed by atoms with Crippen LogP contribution in [0.2, 0.25) is 0 Å². The number of nitrogens with zero attached hydrogens (tertiary/aromatic N) is 3. The van der Waals surface area contributed by atoms with Crippen molar-refractivity contribution in [2.75, 3.05) is 26.2 Å². The second-order valence-electron chi connectivity index (χ2n) is 8.48. The normalized spacial score (nSPS) is 23.3. The summed E-state index contributed by atoms with van der Waals surface area (Å²) in [6, 6.07) is 8.79. The van der Waals surface area contributed by atoms with E-state index in [1.54, 1.807) is 0 Å². The van der Waals surface area contributed by atoms with Crippen molar-refractivity contribution in [1.82, 2.24) is 15.0 Å². The lowest BCUT2D eigenvalue weighted by atomic mass is 9.79. The number of amides is 1. The first kappa shape index (κ1) is 18.2. The Labute approximate surface area is 161 Å². The van der Waals surface area contributed by atoms with Crippen LogP contribution in [-0.2, 0) is 6.54 Å². The highest BCUT2D eigenvalue weighted by Crippen LogP contribution is 2.40. The lowest BCUT2D eigenvalue weighted by Crippen LogP contribution is -2.45. The summed E-state index contributed by atoms with van der Waals surface area (Å²) >= 11 is 0. The van der Waals surface area contributed by atoms with Crippen LogP contribution in [0.15, 0.2) is 28.8 Å². The molecule has 0 saturated carbocycles. The molecule has 5 nitrogen and oxygen atoms in total. The van der Waals surface area contributed by atoms with E-state index in [1.807, 2.05) is 18.7 Å². The second-order valence-corrected chi connectivity index (χ2v) is 8.48. The van der Waals surface area contributed by atoms with Crippen LogP contribution in [0.5, 0.6) is 0 Å². The maximum atomic E-state index is 13.0. The van der Waals surface area contributed by atoms with Gasteiger partial charge in [-0.15, -0.1) is 0 Å². The molecule has 0 radical (unpaired) electrons. The van der Waals surface area contributed by atoms with E-state index >= 15 is 0 Å². The smallest absolute Gasteiger partial charge is 0.259 e. The molecule has 3 heterocycles. The van der Waals surface area contributed by atoms with Crippen molar-refractivity contribution in [2.24, 2.45) is 5.41 Å². The molecule has 1 unspecified atom stereocenters. The third-order valence-corrected chi connectivity index (χ3v) is 6.20. The molecule has 27 heavy (non-hydrogen) atoms. The minimum absolute atomic E-state index is 0.0823. The second kappa shape index (κ2) is 7.12. The third-order valence-electron chi connectivity index (χ3n) is 6.20. The Kier molecular flexibility index (Phi) is 4.81. The zero-order chi connectivity index (χ0) is 19.0. The van der Waals surface area contributed by atoms with Gasteiger partial charge in [-0.2, -0.15) is 0 Å². The van der Waals surface area contributed by atoms with Crippen LogP contribution >= 0.6 is 0 Å². The van der Waals surface area contributed by atoms with E-state index in [0.29, 0.717) is 17.0 Å². The van der Waals surface area contributed by atoms with E-state index in [1.165, 1.54) is 24.0 Å². The highest BCUT2D eigenvalue weighted by molar-refractivity contribution is 5.96. The first-order valence-electron chi connectivity index (χ1n) is 9.96. The number of carbonyl (C=O) groups excluding carboxylic acids is 1. The van der Waals surface area contributed by atoms with Gasteiger partial charge in [-0.1, -0.05) is 35.0 Å². The molecule has 4 rings (SSSR count). The molecule has 0 aliphatic carbocycles. The standard InChI is InChI=1S/C22H29N3O2/c1-16-6-4-7-19(12-16)13-24-10-5-8-22(14-24)9-11-25(15-22)21(26)20-17(2)23-27-18(20)3/h4,6-7,12H,5,8-11,13-15H2,1-3H3. The monoisotopic (exact) mass is 367 g/mol. The van der Waals surface area contributed by atoms with Crippen molar-refractivity contribution >= 4 is 5.91 Å². The van der Waals surface area contributed by atoms with Gasteiger partial charge in [-0.25, -0.2) is 0 Å². The molecular weight excluding hydrogens is 338 g/mol. The van der Waals surface area contributed by atoms with Gasteiger partial charge in [0.25, 0.3) is 5.91 Å². The molecule has 0 N–H and O–H groups in total. The number of aromatic nitrogens is 1. The van der Waals surface area contributed by atoms with E-state index in [4.69, 9.17) is 4.52 Å². The molecule has 144 valence electrons. The number of rotatable bonds is 3. The summed E-state index contributed by atoms with van der Waals surface area (Å²) in [5.74, 6) is 0.710. The first-order chi connectivity index (χ1) is 13.0. The molecule has 1 aromatic carbocycles. The molecule has 2 fully saturated rings. The summed E-state index contributed by atoms with van der Waals surface area (Å²) < 4.78 is 5.20. The van der Waals surface area contributed by atoms with Gasteiger partial charge in [-0.05, 0) is 52.1 Å². The predicted octanol–water partition coefficient (Wildman–Crippen LogP) is 3.73. The Morgan fingerprint density at radius 2 is 2.04 bits per heavy atom. The minimum Gasteiger partial charge on any atom is -0.361 e.